The Morgan fingerprint density at radius 3 is 2.50 bits per heavy atom. The summed E-state index contributed by atoms with van der Waals surface area (Å²) in [7, 11) is 0. The average molecular weight is 256 g/mol. The Balaban J connectivity index is 2.41. The van der Waals surface area contributed by atoms with Crippen LogP contribution in [0.3, 0.4) is 0 Å². The van der Waals surface area contributed by atoms with Crippen LogP contribution in [-0.4, -0.2) is 34.5 Å². The van der Waals surface area contributed by atoms with Gasteiger partial charge in [-0.1, -0.05) is 6.42 Å². The minimum absolute atomic E-state index is 0.0310. The lowest BCUT2D eigenvalue weighted by molar-refractivity contribution is -0.145. The second kappa shape index (κ2) is 7.54. The molecule has 0 aromatic heterocycles. The molecule has 18 heavy (non-hydrogen) atoms. The van der Waals surface area contributed by atoms with Gasteiger partial charge in [-0.3, -0.25) is 0 Å². The van der Waals surface area contributed by atoms with E-state index in [1.807, 2.05) is 0 Å². The van der Waals surface area contributed by atoms with Crippen LogP contribution in [0.4, 0.5) is 0 Å². The van der Waals surface area contributed by atoms with Crippen LogP contribution in [0.5, 0.6) is 0 Å². The largest absolute Gasteiger partial charge is 0.459 e. The molecule has 1 rings (SSSR count). The molecule has 0 aromatic rings. The maximum atomic E-state index is 11.8. The molecule has 2 N–H and O–H groups in total. The van der Waals surface area contributed by atoms with Crippen LogP contribution in [0.1, 0.15) is 52.4 Å². The maximum absolute atomic E-state index is 11.8. The van der Waals surface area contributed by atoms with Crippen LogP contribution in [0.25, 0.3) is 0 Å². The molecule has 0 aliphatic heterocycles. The summed E-state index contributed by atoms with van der Waals surface area (Å²) in [4.78, 5) is 11.8. The molecule has 0 saturated heterocycles. The van der Waals surface area contributed by atoms with Crippen LogP contribution >= 0.6 is 0 Å². The van der Waals surface area contributed by atoms with Crippen molar-refractivity contribution in [2.45, 2.75) is 70.7 Å². The highest BCUT2D eigenvalue weighted by Crippen LogP contribution is 2.21. The van der Waals surface area contributed by atoms with Crippen LogP contribution in [0, 0.1) is 0 Å². The van der Waals surface area contributed by atoms with E-state index in [9.17, 15) is 9.90 Å². The number of aliphatic hydroxyl groups is 2. The van der Waals surface area contributed by atoms with Crippen molar-refractivity contribution >= 4 is 5.97 Å². The lowest BCUT2D eigenvalue weighted by Gasteiger charge is -2.22. The van der Waals surface area contributed by atoms with Gasteiger partial charge in [0.05, 0.1) is 12.2 Å². The molecule has 0 spiro atoms. The molecule has 1 saturated carbocycles. The fraction of sp³-hybridized carbons (Fsp3) is 0.786. The molecule has 2 unspecified atom stereocenters. The highest BCUT2D eigenvalue weighted by atomic mass is 16.5. The van der Waals surface area contributed by atoms with Gasteiger partial charge in [0, 0.05) is 12.0 Å². The zero-order valence-electron chi connectivity index (χ0n) is 11.3. The van der Waals surface area contributed by atoms with Crippen LogP contribution in [0.15, 0.2) is 11.6 Å². The number of carbonyl (C=O) groups is 1. The molecule has 0 bridgehead atoms. The van der Waals surface area contributed by atoms with Gasteiger partial charge < -0.3 is 14.9 Å². The third kappa shape index (κ3) is 5.65. The van der Waals surface area contributed by atoms with Gasteiger partial charge in [0.15, 0.2) is 0 Å². The second-order valence-corrected chi connectivity index (χ2v) is 5.17. The summed E-state index contributed by atoms with van der Waals surface area (Å²) >= 11 is 0. The van der Waals surface area contributed by atoms with Crippen molar-refractivity contribution < 1.29 is 19.7 Å². The molecule has 104 valence electrons. The molecular weight excluding hydrogens is 232 g/mol. The van der Waals surface area contributed by atoms with Gasteiger partial charge in [0.25, 0.3) is 0 Å². The first-order valence-electron chi connectivity index (χ1n) is 6.74. The van der Waals surface area contributed by atoms with Crippen molar-refractivity contribution in [2.24, 2.45) is 0 Å². The van der Waals surface area contributed by atoms with Crippen LogP contribution in [-0.2, 0) is 9.53 Å². The Labute approximate surface area is 109 Å². The molecule has 4 heteroatoms. The molecule has 0 radical (unpaired) electrons. The SMILES string of the molecule is CC(=CC(O)CC(C)O)C(=O)OC1CCCCC1. The summed E-state index contributed by atoms with van der Waals surface area (Å²) in [5.41, 5.74) is 0.411. The topological polar surface area (TPSA) is 66.8 Å². The lowest BCUT2D eigenvalue weighted by atomic mass is 9.98. The third-order valence-electron chi connectivity index (χ3n) is 3.17. The zero-order chi connectivity index (χ0) is 13.5. The fourth-order valence-corrected chi connectivity index (χ4v) is 2.20. The number of hydrogen-bond donors (Lipinski definition) is 2. The monoisotopic (exact) mass is 256 g/mol. The van der Waals surface area contributed by atoms with Gasteiger partial charge in [-0.2, -0.15) is 0 Å². The van der Waals surface area contributed by atoms with E-state index >= 15 is 0 Å². The molecule has 0 heterocycles. The minimum Gasteiger partial charge on any atom is -0.459 e. The van der Waals surface area contributed by atoms with Gasteiger partial charge in [0.1, 0.15) is 6.10 Å². The van der Waals surface area contributed by atoms with Gasteiger partial charge >= 0.3 is 5.97 Å². The van der Waals surface area contributed by atoms with Gasteiger partial charge in [-0.25, -0.2) is 4.79 Å². The smallest absolute Gasteiger partial charge is 0.333 e. The number of rotatable bonds is 5. The molecule has 1 aliphatic carbocycles. The number of ether oxygens (including phenoxy) is 1. The highest BCUT2D eigenvalue weighted by molar-refractivity contribution is 5.87. The van der Waals surface area contributed by atoms with Crippen molar-refractivity contribution in [3.63, 3.8) is 0 Å². The Kier molecular flexibility index (Phi) is 6.36. The van der Waals surface area contributed by atoms with Gasteiger partial charge in [-0.15, -0.1) is 0 Å². The predicted octanol–water partition coefficient (Wildman–Crippen LogP) is 1.94. The summed E-state index contributed by atoms with van der Waals surface area (Å²) in [6.45, 7) is 3.24. The van der Waals surface area contributed by atoms with Crippen molar-refractivity contribution in [3.8, 4) is 0 Å². The minimum atomic E-state index is -0.802. The maximum Gasteiger partial charge on any atom is 0.333 e. The van der Waals surface area contributed by atoms with Gasteiger partial charge in [0.2, 0.25) is 0 Å². The number of esters is 1. The molecular formula is C14H24O4. The standard InChI is InChI=1S/C14H24O4/c1-10(8-12(16)9-11(2)15)14(17)18-13-6-4-3-5-7-13/h8,11-13,15-16H,3-7,9H2,1-2H3. The Morgan fingerprint density at radius 2 is 1.94 bits per heavy atom. The first-order chi connectivity index (χ1) is 8.49. The van der Waals surface area contributed by atoms with E-state index in [-0.39, 0.29) is 18.5 Å². The molecule has 1 fully saturated rings. The van der Waals surface area contributed by atoms with E-state index in [1.165, 1.54) is 12.5 Å². The lowest BCUT2D eigenvalue weighted by Crippen LogP contribution is -2.22. The van der Waals surface area contributed by atoms with Crippen molar-refractivity contribution in [2.75, 3.05) is 0 Å². The Morgan fingerprint density at radius 1 is 1.33 bits per heavy atom. The fourth-order valence-electron chi connectivity index (χ4n) is 2.20. The number of aliphatic hydroxyl groups excluding tert-OH is 2. The van der Waals surface area contributed by atoms with E-state index in [0.717, 1.165) is 25.7 Å². The summed E-state index contributed by atoms with van der Waals surface area (Å²) in [5.74, 6) is -0.355. The third-order valence-corrected chi connectivity index (χ3v) is 3.17. The van der Waals surface area contributed by atoms with Gasteiger partial charge in [-0.05, 0) is 45.6 Å². The quantitative estimate of drug-likeness (QED) is 0.583. The summed E-state index contributed by atoms with van der Waals surface area (Å²) in [5, 5.41) is 18.7. The zero-order valence-corrected chi connectivity index (χ0v) is 11.3. The average Bonchev–Trinajstić information content (AvgIpc) is 2.28. The first-order valence-corrected chi connectivity index (χ1v) is 6.74. The number of hydrogen-bond acceptors (Lipinski definition) is 4. The molecule has 1 aliphatic rings. The van der Waals surface area contributed by atoms with Crippen molar-refractivity contribution in [3.05, 3.63) is 11.6 Å². The second-order valence-electron chi connectivity index (χ2n) is 5.17. The summed E-state index contributed by atoms with van der Waals surface area (Å²) < 4.78 is 5.38. The molecule has 0 amide bonds. The van der Waals surface area contributed by atoms with E-state index < -0.39 is 12.2 Å². The van der Waals surface area contributed by atoms with E-state index in [4.69, 9.17) is 9.84 Å². The molecule has 0 aromatic carbocycles. The van der Waals surface area contributed by atoms with E-state index in [0.29, 0.717) is 5.57 Å². The highest BCUT2D eigenvalue weighted by Gasteiger charge is 2.19. The van der Waals surface area contributed by atoms with Crippen LogP contribution < -0.4 is 0 Å². The summed E-state index contributed by atoms with van der Waals surface area (Å²) in [6, 6.07) is 0. The number of carbonyl (C=O) groups excluding carboxylic acids is 1. The van der Waals surface area contributed by atoms with E-state index in [1.54, 1.807) is 13.8 Å². The first kappa shape index (κ1) is 15.2. The van der Waals surface area contributed by atoms with Crippen LogP contribution in [0.2, 0.25) is 0 Å². The normalized spacial score (nSPS) is 21.4. The Bertz CT molecular complexity index is 290. The van der Waals surface area contributed by atoms with E-state index in [2.05, 4.69) is 0 Å². The predicted molar refractivity (Wildman–Crippen MR) is 69.0 cm³/mol. The molecule has 2 atom stereocenters. The van der Waals surface area contributed by atoms with Crippen molar-refractivity contribution in [1.82, 2.24) is 0 Å². The van der Waals surface area contributed by atoms with Crippen molar-refractivity contribution in [1.29, 1.82) is 0 Å². The Hall–Kier alpha value is -0.870. The molecule has 4 nitrogen and oxygen atoms in total. The summed E-state index contributed by atoms with van der Waals surface area (Å²) in [6.07, 6.45) is 5.66.